The number of nitrogens with zero attached hydrogens (tertiary/aromatic N) is 2. The van der Waals surface area contributed by atoms with Gasteiger partial charge in [0.2, 0.25) is 0 Å². The molecule has 130 valence electrons. The van der Waals surface area contributed by atoms with E-state index in [4.69, 9.17) is 5.26 Å². The molecule has 0 fully saturated rings. The van der Waals surface area contributed by atoms with Crippen LogP contribution < -0.4 is 4.31 Å². The molecule has 0 aliphatic heterocycles. The van der Waals surface area contributed by atoms with Gasteiger partial charge < -0.3 is 0 Å². The molecule has 0 saturated heterocycles. The standard InChI is InChI=1S/C21H18N2O2S/c22-16-23(26(24)25)21-9-5-4-8-20(21)19-14-12-18(13-15-19)11-10-17-6-2-1-3-7-17/h1-9,12-15H,10-11H2,(H,24,25). The smallest absolute Gasteiger partial charge is 0.275 e. The van der Waals surface area contributed by atoms with E-state index in [-0.39, 0.29) is 0 Å². The molecule has 0 heterocycles. The first-order chi connectivity index (χ1) is 12.7. The highest BCUT2D eigenvalue weighted by molar-refractivity contribution is 7.81. The van der Waals surface area contributed by atoms with Gasteiger partial charge in [-0.15, -0.1) is 0 Å². The second-order valence-corrected chi connectivity index (χ2v) is 6.65. The fraction of sp³-hybridized carbons (Fsp3) is 0.0952. The fourth-order valence-corrected chi connectivity index (χ4v) is 3.25. The van der Waals surface area contributed by atoms with Crippen LogP contribution in [-0.2, 0) is 24.1 Å². The Morgan fingerprint density at radius 3 is 2.04 bits per heavy atom. The molecule has 1 unspecified atom stereocenters. The molecule has 0 amide bonds. The molecular formula is C21H18N2O2S. The zero-order chi connectivity index (χ0) is 18.4. The zero-order valence-corrected chi connectivity index (χ0v) is 14.9. The van der Waals surface area contributed by atoms with Crippen LogP contribution in [0.15, 0.2) is 78.9 Å². The number of para-hydroxylation sites is 1. The average Bonchev–Trinajstić information content (AvgIpc) is 2.68. The molecule has 0 spiro atoms. The number of rotatable bonds is 6. The molecule has 1 N–H and O–H groups in total. The molecule has 0 aromatic heterocycles. The van der Waals surface area contributed by atoms with Gasteiger partial charge in [-0.25, -0.2) is 4.21 Å². The van der Waals surface area contributed by atoms with E-state index in [1.165, 1.54) is 11.1 Å². The van der Waals surface area contributed by atoms with Crippen LogP contribution in [0.2, 0.25) is 0 Å². The normalized spacial score (nSPS) is 11.5. The van der Waals surface area contributed by atoms with Gasteiger partial charge in [-0.1, -0.05) is 72.8 Å². The monoisotopic (exact) mass is 362 g/mol. The summed E-state index contributed by atoms with van der Waals surface area (Å²) in [5.74, 6) is 0. The molecule has 0 saturated carbocycles. The van der Waals surface area contributed by atoms with Gasteiger partial charge in [0.1, 0.15) is 0 Å². The minimum atomic E-state index is -2.39. The zero-order valence-electron chi connectivity index (χ0n) is 14.1. The van der Waals surface area contributed by atoms with Crippen molar-refractivity contribution >= 4 is 17.0 Å². The molecule has 26 heavy (non-hydrogen) atoms. The summed E-state index contributed by atoms with van der Waals surface area (Å²) in [4.78, 5) is 0. The Morgan fingerprint density at radius 1 is 0.846 bits per heavy atom. The van der Waals surface area contributed by atoms with Crippen LogP contribution in [0.25, 0.3) is 11.1 Å². The Balaban J connectivity index is 1.81. The van der Waals surface area contributed by atoms with Crippen LogP contribution in [0.1, 0.15) is 11.1 Å². The Bertz CT molecular complexity index is 934. The lowest BCUT2D eigenvalue weighted by molar-refractivity contribution is 0.564. The van der Waals surface area contributed by atoms with E-state index in [2.05, 4.69) is 24.3 Å². The maximum atomic E-state index is 11.4. The Labute approximate surface area is 155 Å². The molecule has 0 aliphatic rings. The van der Waals surface area contributed by atoms with Gasteiger partial charge in [-0.3, -0.25) is 4.55 Å². The number of nitriles is 1. The number of hydrogen-bond acceptors (Lipinski definition) is 2. The van der Waals surface area contributed by atoms with Crippen molar-refractivity contribution in [2.24, 2.45) is 0 Å². The maximum absolute atomic E-state index is 11.4. The first-order valence-corrected chi connectivity index (χ1v) is 9.28. The van der Waals surface area contributed by atoms with Crippen LogP contribution in [0, 0.1) is 11.5 Å². The lowest BCUT2D eigenvalue weighted by Crippen LogP contribution is -2.19. The minimum absolute atomic E-state index is 0.410. The highest BCUT2D eigenvalue weighted by Gasteiger charge is 2.16. The summed E-state index contributed by atoms with van der Waals surface area (Å²) >= 11 is -2.39. The minimum Gasteiger partial charge on any atom is -0.288 e. The number of aryl methyl sites for hydroxylation is 2. The van der Waals surface area contributed by atoms with Gasteiger partial charge in [-0.05, 0) is 35.6 Å². The lowest BCUT2D eigenvalue weighted by atomic mass is 9.99. The van der Waals surface area contributed by atoms with Gasteiger partial charge in [0.15, 0.2) is 6.19 Å². The third-order valence-corrected chi connectivity index (χ3v) is 4.77. The summed E-state index contributed by atoms with van der Waals surface area (Å²) in [5, 5.41) is 9.17. The van der Waals surface area contributed by atoms with Crippen molar-refractivity contribution < 1.29 is 8.76 Å². The molecule has 3 rings (SSSR count). The summed E-state index contributed by atoms with van der Waals surface area (Å²) in [6, 6.07) is 25.5. The first-order valence-electron chi connectivity index (χ1n) is 8.22. The van der Waals surface area contributed by atoms with E-state index in [0.717, 1.165) is 28.3 Å². The van der Waals surface area contributed by atoms with E-state index in [1.54, 1.807) is 18.3 Å². The molecule has 3 aromatic carbocycles. The quantitative estimate of drug-likeness (QED) is 0.397. The van der Waals surface area contributed by atoms with Crippen LogP contribution in [0.5, 0.6) is 0 Å². The number of anilines is 1. The van der Waals surface area contributed by atoms with E-state index >= 15 is 0 Å². The summed E-state index contributed by atoms with van der Waals surface area (Å²) in [7, 11) is 0. The van der Waals surface area contributed by atoms with Crippen molar-refractivity contribution in [3.63, 3.8) is 0 Å². The summed E-state index contributed by atoms with van der Waals surface area (Å²) in [6.07, 6.45) is 3.68. The Kier molecular flexibility index (Phi) is 5.80. The van der Waals surface area contributed by atoms with E-state index in [0.29, 0.717) is 5.69 Å². The lowest BCUT2D eigenvalue weighted by Gasteiger charge is -2.15. The van der Waals surface area contributed by atoms with Crippen LogP contribution in [0.3, 0.4) is 0 Å². The van der Waals surface area contributed by atoms with Crippen LogP contribution in [-0.4, -0.2) is 8.76 Å². The molecule has 0 bridgehead atoms. The Hall–Kier alpha value is -2.94. The molecule has 0 radical (unpaired) electrons. The highest BCUT2D eigenvalue weighted by atomic mass is 32.2. The van der Waals surface area contributed by atoms with Crippen molar-refractivity contribution in [2.75, 3.05) is 4.31 Å². The van der Waals surface area contributed by atoms with Crippen molar-refractivity contribution in [3.8, 4) is 17.3 Å². The third-order valence-electron chi connectivity index (χ3n) is 4.18. The topological polar surface area (TPSA) is 64.3 Å². The second kappa shape index (κ2) is 8.43. The fourth-order valence-electron chi connectivity index (χ4n) is 2.85. The van der Waals surface area contributed by atoms with Gasteiger partial charge in [0.05, 0.1) is 5.69 Å². The molecule has 4 nitrogen and oxygen atoms in total. The average molecular weight is 362 g/mol. The molecule has 5 heteroatoms. The van der Waals surface area contributed by atoms with E-state index < -0.39 is 11.3 Å². The maximum Gasteiger partial charge on any atom is 0.275 e. The SMILES string of the molecule is N#CN(c1ccccc1-c1ccc(CCc2ccccc2)cc1)S(=O)O. The molecular weight excluding hydrogens is 344 g/mol. The first kappa shape index (κ1) is 17.9. The van der Waals surface area contributed by atoms with Crippen molar-refractivity contribution in [2.45, 2.75) is 12.8 Å². The van der Waals surface area contributed by atoms with Crippen molar-refractivity contribution in [3.05, 3.63) is 90.0 Å². The summed E-state index contributed by atoms with van der Waals surface area (Å²) in [5.41, 5.74) is 4.57. The summed E-state index contributed by atoms with van der Waals surface area (Å²) < 4.78 is 21.5. The van der Waals surface area contributed by atoms with Gasteiger partial charge in [0.25, 0.3) is 11.3 Å². The van der Waals surface area contributed by atoms with Gasteiger partial charge in [-0.2, -0.15) is 9.57 Å². The van der Waals surface area contributed by atoms with E-state index in [1.807, 2.05) is 42.5 Å². The van der Waals surface area contributed by atoms with Gasteiger partial charge in [0, 0.05) is 5.56 Å². The number of benzene rings is 3. The largest absolute Gasteiger partial charge is 0.288 e. The highest BCUT2D eigenvalue weighted by Crippen LogP contribution is 2.31. The van der Waals surface area contributed by atoms with Crippen molar-refractivity contribution in [1.82, 2.24) is 0 Å². The van der Waals surface area contributed by atoms with Crippen LogP contribution >= 0.6 is 0 Å². The number of hydrogen-bond donors (Lipinski definition) is 1. The third kappa shape index (κ3) is 4.17. The van der Waals surface area contributed by atoms with Crippen molar-refractivity contribution in [1.29, 1.82) is 5.26 Å². The molecule has 0 aliphatic carbocycles. The van der Waals surface area contributed by atoms with Gasteiger partial charge >= 0.3 is 0 Å². The van der Waals surface area contributed by atoms with Crippen LogP contribution in [0.4, 0.5) is 5.69 Å². The molecule has 1 atom stereocenters. The predicted octanol–water partition coefficient (Wildman–Crippen LogP) is 4.56. The molecule has 3 aromatic rings. The second-order valence-electron chi connectivity index (χ2n) is 5.82. The Morgan fingerprint density at radius 2 is 1.42 bits per heavy atom. The summed E-state index contributed by atoms with van der Waals surface area (Å²) in [6.45, 7) is 0. The predicted molar refractivity (Wildman–Crippen MR) is 105 cm³/mol. The van der Waals surface area contributed by atoms with E-state index in [9.17, 15) is 8.76 Å².